The lowest BCUT2D eigenvalue weighted by Gasteiger charge is -2.21. The first-order chi connectivity index (χ1) is 4.88. The van der Waals surface area contributed by atoms with Crippen molar-refractivity contribution in [3.63, 3.8) is 0 Å². The Kier molecular flexibility index (Phi) is 3.20. The summed E-state index contributed by atoms with van der Waals surface area (Å²) in [6.07, 6.45) is 6.42. The van der Waals surface area contributed by atoms with Gasteiger partial charge in [0.1, 0.15) is 0 Å². The molecule has 1 aliphatic rings. The normalized spacial score (nSPS) is 27.6. The average Bonchev–Trinajstić information content (AvgIpc) is 2.36. The Morgan fingerprint density at radius 2 is 2.40 bits per heavy atom. The molecule has 1 fully saturated rings. The molecule has 1 atom stereocenters. The molecule has 59 valence electrons. The quantitative estimate of drug-likeness (QED) is 0.580. The number of nitrogens with zero attached hydrogens (tertiary/aromatic N) is 1. The third-order valence-corrected chi connectivity index (χ3v) is 2.31. The number of hydrogen-bond acceptors (Lipinski definition) is 1. The predicted molar refractivity (Wildman–Crippen MR) is 44.9 cm³/mol. The monoisotopic (exact) mass is 140 g/mol. The van der Waals surface area contributed by atoms with Crippen molar-refractivity contribution >= 4 is 0 Å². The van der Waals surface area contributed by atoms with Gasteiger partial charge in [0.25, 0.3) is 0 Å². The van der Waals surface area contributed by atoms with Crippen LogP contribution < -0.4 is 0 Å². The summed E-state index contributed by atoms with van der Waals surface area (Å²) >= 11 is 0. The number of hydrogen-bond donors (Lipinski definition) is 0. The van der Waals surface area contributed by atoms with E-state index in [9.17, 15) is 0 Å². The maximum atomic E-state index is 2.58. The fourth-order valence-electron chi connectivity index (χ4n) is 1.79. The Morgan fingerprint density at radius 3 is 3.00 bits per heavy atom. The summed E-state index contributed by atoms with van der Waals surface area (Å²) in [6.45, 7) is 7.04. The summed E-state index contributed by atoms with van der Waals surface area (Å²) in [7, 11) is 0. The Labute approximate surface area is 64.4 Å². The molecule has 1 saturated heterocycles. The predicted octanol–water partition coefficient (Wildman–Crippen LogP) is 2.08. The highest BCUT2D eigenvalue weighted by Crippen LogP contribution is 2.18. The summed E-state index contributed by atoms with van der Waals surface area (Å²) in [6, 6.07) is 0.792. The highest BCUT2D eigenvalue weighted by atomic mass is 15.2. The van der Waals surface area contributed by atoms with E-state index in [0.717, 1.165) is 6.04 Å². The molecule has 10 heavy (non-hydrogen) atoms. The molecule has 1 unspecified atom stereocenters. The maximum Gasteiger partial charge on any atom is 0.0124 e. The molecule has 0 aromatic rings. The van der Waals surface area contributed by atoms with Crippen LogP contribution in [0.5, 0.6) is 0 Å². The van der Waals surface area contributed by atoms with Gasteiger partial charge in [-0.25, -0.2) is 0 Å². The molecule has 1 aliphatic heterocycles. The van der Waals surface area contributed by atoms with Gasteiger partial charge in [-0.05, 0) is 38.8 Å². The molecule has 0 amide bonds. The van der Waals surface area contributed by atoms with Gasteiger partial charge < -0.3 is 4.90 Å². The van der Waals surface area contributed by atoms with Crippen LogP contribution in [0.4, 0.5) is 0 Å². The second-order valence-electron chi connectivity index (χ2n) is 3.08. The SMILES string of the molecule is C[CH]C1CCCN1CCC. The summed E-state index contributed by atoms with van der Waals surface area (Å²) in [4.78, 5) is 2.58. The van der Waals surface area contributed by atoms with Crippen LogP contribution in [0, 0.1) is 6.42 Å². The van der Waals surface area contributed by atoms with E-state index in [1.807, 2.05) is 0 Å². The minimum atomic E-state index is 0.792. The first-order valence-electron chi connectivity index (χ1n) is 4.42. The summed E-state index contributed by atoms with van der Waals surface area (Å²) in [5, 5.41) is 0. The van der Waals surface area contributed by atoms with Gasteiger partial charge in [0.2, 0.25) is 0 Å². The van der Waals surface area contributed by atoms with E-state index in [1.54, 1.807) is 0 Å². The van der Waals surface area contributed by atoms with Crippen LogP contribution >= 0.6 is 0 Å². The van der Waals surface area contributed by atoms with Crippen molar-refractivity contribution in [1.82, 2.24) is 4.90 Å². The topological polar surface area (TPSA) is 3.24 Å². The molecule has 1 heterocycles. The summed E-state index contributed by atoms with van der Waals surface area (Å²) in [5.41, 5.74) is 0. The molecule has 0 spiro atoms. The Hall–Kier alpha value is -0.0400. The van der Waals surface area contributed by atoms with Crippen LogP contribution in [0.2, 0.25) is 0 Å². The second kappa shape index (κ2) is 3.97. The zero-order chi connectivity index (χ0) is 7.40. The van der Waals surface area contributed by atoms with Gasteiger partial charge in [-0.15, -0.1) is 0 Å². The van der Waals surface area contributed by atoms with Gasteiger partial charge >= 0.3 is 0 Å². The lowest BCUT2D eigenvalue weighted by molar-refractivity contribution is 0.278. The highest BCUT2D eigenvalue weighted by molar-refractivity contribution is 4.86. The second-order valence-corrected chi connectivity index (χ2v) is 3.08. The smallest absolute Gasteiger partial charge is 0.0124 e. The van der Waals surface area contributed by atoms with Gasteiger partial charge in [0.05, 0.1) is 0 Å². The molecule has 1 radical (unpaired) electrons. The van der Waals surface area contributed by atoms with Crippen molar-refractivity contribution in [1.29, 1.82) is 0 Å². The summed E-state index contributed by atoms with van der Waals surface area (Å²) in [5.74, 6) is 0. The van der Waals surface area contributed by atoms with E-state index >= 15 is 0 Å². The lowest BCUT2D eigenvalue weighted by Crippen LogP contribution is -2.29. The zero-order valence-electron chi connectivity index (χ0n) is 7.14. The zero-order valence-corrected chi connectivity index (χ0v) is 7.14. The molecule has 0 aliphatic carbocycles. The molecule has 0 bridgehead atoms. The van der Waals surface area contributed by atoms with Crippen molar-refractivity contribution in [2.75, 3.05) is 13.1 Å². The molecule has 1 heteroatoms. The molecule has 1 rings (SSSR count). The van der Waals surface area contributed by atoms with E-state index in [4.69, 9.17) is 0 Å². The van der Waals surface area contributed by atoms with Crippen molar-refractivity contribution in [3.05, 3.63) is 6.42 Å². The molecular weight excluding hydrogens is 122 g/mol. The van der Waals surface area contributed by atoms with Crippen molar-refractivity contribution in [2.24, 2.45) is 0 Å². The van der Waals surface area contributed by atoms with Crippen molar-refractivity contribution in [3.8, 4) is 0 Å². The van der Waals surface area contributed by atoms with Crippen LogP contribution in [0.25, 0.3) is 0 Å². The lowest BCUT2D eigenvalue weighted by atomic mass is 10.2. The Morgan fingerprint density at radius 1 is 1.60 bits per heavy atom. The highest BCUT2D eigenvalue weighted by Gasteiger charge is 2.21. The molecule has 0 aromatic carbocycles. The average molecular weight is 140 g/mol. The van der Waals surface area contributed by atoms with Gasteiger partial charge in [0, 0.05) is 6.04 Å². The van der Waals surface area contributed by atoms with E-state index in [-0.39, 0.29) is 0 Å². The van der Waals surface area contributed by atoms with Crippen LogP contribution in [-0.4, -0.2) is 24.0 Å². The van der Waals surface area contributed by atoms with Crippen LogP contribution in [0.1, 0.15) is 33.1 Å². The molecule has 1 nitrogen and oxygen atoms in total. The minimum absolute atomic E-state index is 0.792. The summed E-state index contributed by atoms with van der Waals surface area (Å²) < 4.78 is 0. The first kappa shape index (κ1) is 8.06. The molecule has 0 saturated carbocycles. The van der Waals surface area contributed by atoms with E-state index in [2.05, 4.69) is 25.2 Å². The maximum absolute atomic E-state index is 2.58. The van der Waals surface area contributed by atoms with Crippen LogP contribution in [-0.2, 0) is 0 Å². The van der Waals surface area contributed by atoms with Gasteiger partial charge in [-0.1, -0.05) is 13.8 Å². The Balaban J connectivity index is 2.27. The van der Waals surface area contributed by atoms with Crippen LogP contribution in [0.3, 0.4) is 0 Å². The van der Waals surface area contributed by atoms with Crippen molar-refractivity contribution < 1.29 is 0 Å². The minimum Gasteiger partial charge on any atom is -0.300 e. The van der Waals surface area contributed by atoms with Gasteiger partial charge in [-0.3, -0.25) is 0 Å². The fourth-order valence-corrected chi connectivity index (χ4v) is 1.79. The molecule has 0 N–H and O–H groups in total. The molecular formula is C9H18N. The van der Waals surface area contributed by atoms with Gasteiger partial charge in [0.15, 0.2) is 0 Å². The van der Waals surface area contributed by atoms with E-state index < -0.39 is 0 Å². The third-order valence-electron chi connectivity index (χ3n) is 2.31. The molecule has 0 aromatic heterocycles. The number of likely N-dealkylation sites (tertiary alicyclic amines) is 1. The fraction of sp³-hybridized carbons (Fsp3) is 0.889. The Bertz CT molecular complexity index is 90.7. The first-order valence-corrected chi connectivity index (χ1v) is 4.42. The number of rotatable bonds is 3. The van der Waals surface area contributed by atoms with Crippen LogP contribution in [0.15, 0.2) is 0 Å². The van der Waals surface area contributed by atoms with E-state index in [1.165, 1.54) is 32.4 Å². The standard InChI is InChI=1S/C9H18N/c1-3-7-10-8-5-6-9(10)4-2/h4,9H,3,5-8H2,1-2H3. The van der Waals surface area contributed by atoms with Gasteiger partial charge in [-0.2, -0.15) is 0 Å². The van der Waals surface area contributed by atoms with Crippen molar-refractivity contribution in [2.45, 2.75) is 39.2 Å². The third kappa shape index (κ3) is 1.72. The largest absolute Gasteiger partial charge is 0.300 e. The van der Waals surface area contributed by atoms with E-state index in [0.29, 0.717) is 0 Å².